The Bertz CT molecular complexity index is 702. The first-order valence-corrected chi connectivity index (χ1v) is 9.81. The van der Waals surface area contributed by atoms with Gasteiger partial charge in [-0.15, -0.1) is 11.8 Å². The molecule has 2 rings (SSSR count). The molecule has 132 valence electrons. The highest BCUT2D eigenvalue weighted by molar-refractivity contribution is 9.10. The Morgan fingerprint density at radius 2 is 1.76 bits per heavy atom. The number of anilines is 1. The number of benzene rings is 2. The molecular weight excluding hydrogens is 402 g/mol. The van der Waals surface area contributed by atoms with Crippen molar-refractivity contribution >= 4 is 45.3 Å². The van der Waals surface area contributed by atoms with Gasteiger partial charge in [-0.05, 0) is 55.0 Å². The quantitative estimate of drug-likeness (QED) is 0.364. The second-order valence-electron chi connectivity index (χ2n) is 5.36. The smallest absolute Gasteiger partial charge is 0.338 e. The van der Waals surface area contributed by atoms with Gasteiger partial charge < -0.3 is 10.1 Å². The molecule has 0 aliphatic rings. The van der Waals surface area contributed by atoms with E-state index in [0.29, 0.717) is 23.6 Å². The van der Waals surface area contributed by atoms with Crippen molar-refractivity contribution < 1.29 is 14.3 Å². The topological polar surface area (TPSA) is 55.4 Å². The Hall–Kier alpha value is -1.79. The summed E-state index contributed by atoms with van der Waals surface area (Å²) in [6, 6.07) is 14.5. The third-order valence-corrected chi connectivity index (χ3v) is 4.86. The van der Waals surface area contributed by atoms with E-state index in [1.54, 1.807) is 24.3 Å². The number of amides is 1. The lowest BCUT2D eigenvalue weighted by Crippen LogP contribution is -2.14. The van der Waals surface area contributed by atoms with Crippen LogP contribution >= 0.6 is 27.7 Å². The number of rotatable bonds is 8. The summed E-state index contributed by atoms with van der Waals surface area (Å²) in [7, 11) is 0. The number of hydrogen-bond acceptors (Lipinski definition) is 4. The number of halogens is 1. The van der Waals surface area contributed by atoms with Crippen molar-refractivity contribution in [3.8, 4) is 0 Å². The molecule has 1 amide bonds. The number of esters is 1. The molecule has 0 fully saturated rings. The van der Waals surface area contributed by atoms with Crippen LogP contribution in [0.4, 0.5) is 5.69 Å². The monoisotopic (exact) mass is 421 g/mol. The fourth-order valence-corrected chi connectivity index (χ4v) is 2.92. The molecule has 0 saturated carbocycles. The largest absolute Gasteiger partial charge is 0.462 e. The molecule has 25 heavy (non-hydrogen) atoms. The molecule has 0 atom stereocenters. The van der Waals surface area contributed by atoms with E-state index in [0.717, 1.165) is 22.2 Å². The van der Waals surface area contributed by atoms with Crippen molar-refractivity contribution in [2.45, 2.75) is 24.7 Å². The van der Waals surface area contributed by atoms with E-state index in [2.05, 4.69) is 21.2 Å². The third kappa shape index (κ3) is 6.92. The second kappa shape index (κ2) is 10.3. The van der Waals surface area contributed by atoms with Crippen LogP contribution in [0.2, 0.25) is 0 Å². The van der Waals surface area contributed by atoms with Gasteiger partial charge in [0.15, 0.2) is 0 Å². The van der Waals surface area contributed by atoms with E-state index >= 15 is 0 Å². The molecule has 0 aromatic heterocycles. The Morgan fingerprint density at radius 3 is 2.40 bits per heavy atom. The molecule has 2 aromatic rings. The van der Waals surface area contributed by atoms with Gasteiger partial charge in [0.25, 0.3) is 0 Å². The van der Waals surface area contributed by atoms with E-state index in [9.17, 15) is 9.59 Å². The molecule has 0 heterocycles. The second-order valence-corrected chi connectivity index (χ2v) is 7.32. The maximum Gasteiger partial charge on any atom is 0.338 e. The fourth-order valence-electron chi connectivity index (χ4n) is 1.96. The molecule has 0 bridgehead atoms. The van der Waals surface area contributed by atoms with E-state index < -0.39 is 0 Å². The number of unbranched alkanes of at least 4 members (excludes halogenated alkanes) is 1. The van der Waals surface area contributed by atoms with Crippen molar-refractivity contribution in [1.82, 2.24) is 0 Å². The lowest BCUT2D eigenvalue weighted by atomic mass is 10.2. The lowest BCUT2D eigenvalue weighted by molar-refractivity contribution is -0.113. The van der Waals surface area contributed by atoms with Gasteiger partial charge in [-0.1, -0.05) is 29.3 Å². The van der Waals surface area contributed by atoms with Crippen LogP contribution in [0.25, 0.3) is 0 Å². The van der Waals surface area contributed by atoms with Crippen LogP contribution in [0.3, 0.4) is 0 Å². The van der Waals surface area contributed by atoms with E-state index in [1.165, 1.54) is 11.8 Å². The summed E-state index contributed by atoms with van der Waals surface area (Å²) in [6.07, 6.45) is 1.84. The first-order valence-electron chi connectivity index (χ1n) is 8.04. The molecule has 1 N–H and O–H groups in total. The Labute approximate surface area is 160 Å². The molecule has 2 aromatic carbocycles. The van der Waals surface area contributed by atoms with Gasteiger partial charge in [0.1, 0.15) is 0 Å². The summed E-state index contributed by atoms with van der Waals surface area (Å²) < 4.78 is 6.16. The predicted molar refractivity (Wildman–Crippen MR) is 105 cm³/mol. The van der Waals surface area contributed by atoms with E-state index in [4.69, 9.17) is 4.74 Å². The van der Waals surface area contributed by atoms with Crippen LogP contribution in [0, 0.1) is 0 Å². The van der Waals surface area contributed by atoms with Gasteiger partial charge in [-0.2, -0.15) is 0 Å². The highest BCUT2D eigenvalue weighted by atomic mass is 79.9. The predicted octanol–water partition coefficient (Wildman–Crippen LogP) is 5.14. The average molecular weight is 422 g/mol. The van der Waals surface area contributed by atoms with Crippen molar-refractivity contribution in [1.29, 1.82) is 0 Å². The number of ether oxygens (including phenoxy) is 1. The SMILES string of the molecule is CCCCOC(=O)c1ccc(NC(=O)CSc2ccc(Br)cc2)cc1. The van der Waals surface area contributed by atoms with Gasteiger partial charge in [-0.3, -0.25) is 4.79 Å². The summed E-state index contributed by atoms with van der Waals surface area (Å²) in [4.78, 5) is 24.9. The van der Waals surface area contributed by atoms with Crippen LogP contribution in [-0.4, -0.2) is 24.2 Å². The molecule has 0 spiro atoms. The summed E-state index contributed by atoms with van der Waals surface area (Å²) in [6.45, 7) is 2.47. The third-order valence-electron chi connectivity index (χ3n) is 3.32. The highest BCUT2D eigenvalue weighted by Gasteiger charge is 2.08. The van der Waals surface area contributed by atoms with Crippen LogP contribution < -0.4 is 5.32 Å². The molecule has 0 aliphatic heterocycles. The van der Waals surface area contributed by atoms with Gasteiger partial charge in [0.2, 0.25) is 5.91 Å². The maximum atomic E-state index is 12.0. The minimum atomic E-state index is -0.336. The molecule has 0 unspecified atom stereocenters. The van der Waals surface area contributed by atoms with Gasteiger partial charge in [0, 0.05) is 15.1 Å². The normalized spacial score (nSPS) is 10.3. The number of carbonyl (C=O) groups is 2. The molecule has 0 radical (unpaired) electrons. The average Bonchev–Trinajstić information content (AvgIpc) is 2.62. The first-order chi connectivity index (χ1) is 12.1. The van der Waals surface area contributed by atoms with Crippen LogP contribution in [0.1, 0.15) is 30.1 Å². The molecule has 6 heteroatoms. The minimum absolute atomic E-state index is 0.0915. The Kier molecular flexibility index (Phi) is 8.01. The van der Waals surface area contributed by atoms with Crippen molar-refractivity contribution in [3.05, 3.63) is 58.6 Å². The number of hydrogen-bond donors (Lipinski definition) is 1. The lowest BCUT2D eigenvalue weighted by Gasteiger charge is -2.07. The zero-order chi connectivity index (χ0) is 18.1. The highest BCUT2D eigenvalue weighted by Crippen LogP contribution is 2.21. The van der Waals surface area contributed by atoms with Crippen molar-refractivity contribution in [2.75, 3.05) is 17.7 Å². The van der Waals surface area contributed by atoms with E-state index in [1.807, 2.05) is 31.2 Å². The van der Waals surface area contributed by atoms with Crippen molar-refractivity contribution in [2.24, 2.45) is 0 Å². The molecule has 4 nitrogen and oxygen atoms in total. The minimum Gasteiger partial charge on any atom is -0.462 e. The van der Waals surface area contributed by atoms with E-state index in [-0.39, 0.29) is 11.9 Å². The van der Waals surface area contributed by atoms with Gasteiger partial charge >= 0.3 is 5.97 Å². The van der Waals surface area contributed by atoms with Gasteiger partial charge in [-0.25, -0.2) is 4.79 Å². The Morgan fingerprint density at radius 1 is 1.08 bits per heavy atom. The number of thioether (sulfide) groups is 1. The summed E-state index contributed by atoms with van der Waals surface area (Å²) >= 11 is 4.85. The van der Waals surface area contributed by atoms with Crippen LogP contribution in [0.5, 0.6) is 0 Å². The van der Waals surface area contributed by atoms with Crippen molar-refractivity contribution in [3.63, 3.8) is 0 Å². The summed E-state index contributed by atoms with van der Waals surface area (Å²) in [5.41, 5.74) is 1.14. The van der Waals surface area contributed by atoms with Crippen LogP contribution in [0.15, 0.2) is 57.9 Å². The maximum absolute atomic E-state index is 12.0. The standard InChI is InChI=1S/C19H20BrNO3S/c1-2-3-12-24-19(23)14-4-8-16(9-5-14)21-18(22)13-25-17-10-6-15(20)7-11-17/h4-11H,2-3,12-13H2,1H3,(H,21,22). The summed E-state index contributed by atoms with van der Waals surface area (Å²) in [5, 5.41) is 2.82. The fraction of sp³-hybridized carbons (Fsp3) is 0.263. The Balaban J connectivity index is 1.80. The zero-order valence-corrected chi connectivity index (χ0v) is 16.4. The number of carbonyl (C=O) groups excluding carboxylic acids is 2. The zero-order valence-electron chi connectivity index (χ0n) is 14.0. The van der Waals surface area contributed by atoms with Gasteiger partial charge in [0.05, 0.1) is 17.9 Å². The molecular formula is C19H20BrNO3S. The summed E-state index contributed by atoms with van der Waals surface area (Å²) in [5.74, 6) is -0.106. The molecule has 0 aliphatic carbocycles. The van der Waals surface area contributed by atoms with Crippen LogP contribution in [-0.2, 0) is 9.53 Å². The first kappa shape index (κ1) is 19.5. The molecule has 0 saturated heterocycles. The number of nitrogens with one attached hydrogen (secondary N) is 1.